The summed E-state index contributed by atoms with van der Waals surface area (Å²) in [7, 11) is 0. The number of H-pyrrole nitrogens is 1. The maximum absolute atomic E-state index is 12.8. The van der Waals surface area contributed by atoms with Gasteiger partial charge in [0.25, 0.3) is 5.91 Å². The molecule has 1 aliphatic rings. The van der Waals surface area contributed by atoms with Gasteiger partial charge in [0.1, 0.15) is 0 Å². The van der Waals surface area contributed by atoms with Crippen molar-refractivity contribution >= 4 is 22.7 Å². The maximum Gasteiger partial charge on any atom is 0.272 e. The summed E-state index contributed by atoms with van der Waals surface area (Å²) in [6, 6.07) is 17.3. The van der Waals surface area contributed by atoms with Gasteiger partial charge in [0, 0.05) is 24.5 Å². The molecule has 2 N–H and O–H groups in total. The fourth-order valence-corrected chi connectivity index (χ4v) is 3.76. The highest BCUT2D eigenvalue weighted by molar-refractivity contribution is 6.04. The Morgan fingerprint density at radius 1 is 1.07 bits per heavy atom. The number of hydrogen-bond donors (Lipinski definition) is 2. The van der Waals surface area contributed by atoms with E-state index in [0.29, 0.717) is 18.7 Å². The number of carbonyl (C=O) groups excluding carboxylic acids is 2. The van der Waals surface area contributed by atoms with E-state index in [0.717, 1.165) is 42.3 Å². The number of rotatable bonds is 4. The number of carbonyl (C=O) groups is 2. The Morgan fingerprint density at radius 3 is 2.71 bits per heavy atom. The molecule has 1 fully saturated rings. The van der Waals surface area contributed by atoms with Crippen LogP contribution in [0.15, 0.2) is 54.6 Å². The van der Waals surface area contributed by atoms with Crippen LogP contribution in [-0.4, -0.2) is 46.0 Å². The number of nitrogens with zero attached hydrogens (tertiary/aromatic N) is 2. The number of aromatic amines is 1. The lowest BCUT2D eigenvalue weighted by molar-refractivity contribution is -0.130. The van der Waals surface area contributed by atoms with E-state index >= 15 is 0 Å². The fraction of sp³-hybridized carbons (Fsp3) is 0.318. The van der Waals surface area contributed by atoms with Gasteiger partial charge >= 0.3 is 0 Å². The van der Waals surface area contributed by atoms with Crippen molar-refractivity contribution in [3.8, 4) is 0 Å². The minimum Gasteiger partial charge on any atom is -0.346 e. The number of benzene rings is 2. The van der Waals surface area contributed by atoms with Gasteiger partial charge in [0.05, 0.1) is 11.9 Å². The van der Waals surface area contributed by atoms with Crippen LogP contribution in [0.3, 0.4) is 0 Å². The first-order chi connectivity index (χ1) is 13.7. The number of amides is 2. The van der Waals surface area contributed by atoms with E-state index in [1.165, 1.54) is 0 Å². The summed E-state index contributed by atoms with van der Waals surface area (Å²) in [5, 5.41) is 11.0. The zero-order chi connectivity index (χ0) is 19.3. The first-order valence-corrected chi connectivity index (χ1v) is 9.76. The lowest BCUT2D eigenvalue weighted by atomic mass is 10.1. The Kier molecular flexibility index (Phi) is 5.37. The van der Waals surface area contributed by atoms with Crippen LogP contribution in [0, 0.1) is 0 Å². The average Bonchev–Trinajstić information content (AvgIpc) is 3.01. The fourth-order valence-electron chi connectivity index (χ4n) is 3.76. The summed E-state index contributed by atoms with van der Waals surface area (Å²) in [5.74, 6) is -0.0858. The van der Waals surface area contributed by atoms with Gasteiger partial charge in [0.15, 0.2) is 5.69 Å². The smallest absolute Gasteiger partial charge is 0.272 e. The molecule has 1 atom stereocenters. The lowest BCUT2D eigenvalue weighted by Crippen LogP contribution is -2.45. The van der Waals surface area contributed by atoms with Crippen molar-refractivity contribution in [3.05, 3.63) is 65.9 Å². The molecule has 1 aromatic heterocycles. The van der Waals surface area contributed by atoms with Gasteiger partial charge in [-0.3, -0.25) is 14.7 Å². The van der Waals surface area contributed by atoms with Crippen LogP contribution in [0.1, 0.15) is 35.3 Å². The minimum absolute atomic E-state index is 0.0646. The standard InChI is InChI=1S/C22H24N4O2/c27-20(14-16-8-2-1-3-9-16)26-13-7-6-10-17(15-26)23-22(28)21-18-11-4-5-12-19(18)24-25-21/h1-5,8-9,11-12,17H,6-7,10,13-15H2,(H,23,28)(H,24,25). The van der Waals surface area contributed by atoms with Crippen molar-refractivity contribution in [2.75, 3.05) is 13.1 Å². The second kappa shape index (κ2) is 8.25. The molecule has 0 bridgehead atoms. The SMILES string of the molecule is O=C(NC1CCCCN(C(=O)Cc2ccccc2)C1)c1n[nH]c2ccccc12. The van der Waals surface area contributed by atoms with Gasteiger partial charge < -0.3 is 10.2 Å². The van der Waals surface area contributed by atoms with Crippen molar-refractivity contribution in [3.63, 3.8) is 0 Å². The highest BCUT2D eigenvalue weighted by atomic mass is 16.2. The molecule has 0 radical (unpaired) electrons. The molecule has 28 heavy (non-hydrogen) atoms. The summed E-state index contributed by atoms with van der Waals surface area (Å²) in [5.41, 5.74) is 2.26. The highest BCUT2D eigenvalue weighted by Crippen LogP contribution is 2.17. The molecule has 0 saturated carbocycles. The number of likely N-dealkylation sites (tertiary alicyclic amines) is 1. The topological polar surface area (TPSA) is 78.1 Å². The van der Waals surface area contributed by atoms with E-state index in [2.05, 4.69) is 15.5 Å². The third-order valence-electron chi connectivity index (χ3n) is 5.24. The van der Waals surface area contributed by atoms with Gasteiger partial charge in [-0.1, -0.05) is 48.5 Å². The van der Waals surface area contributed by atoms with E-state index < -0.39 is 0 Å². The molecule has 1 saturated heterocycles. The van der Waals surface area contributed by atoms with Crippen LogP contribution in [0.5, 0.6) is 0 Å². The number of aromatic nitrogens is 2. The molecule has 2 heterocycles. The zero-order valence-electron chi connectivity index (χ0n) is 15.7. The van der Waals surface area contributed by atoms with Crippen LogP contribution in [0.4, 0.5) is 0 Å². The van der Waals surface area contributed by atoms with Crippen LogP contribution >= 0.6 is 0 Å². The van der Waals surface area contributed by atoms with E-state index in [1.54, 1.807) is 0 Å². The van der Waals surface area contributed by atoms with Crippen LogP contribution in [-0.2, 0) is 11.2 Å². The second-order valence-electron chi connectivity index (χ2n) is 7.29. The minimum atomic E-state index is -0.195. The summed E-state index contributed by atoms with van der Waals surface area (Å²) >= 11 is 0. The molecule has 1 unspecified atom stereocenters. The monoisotopic (exact) mass is 376 g/mol. The molecule has 6 heteroatoms. The Bertz CT molecular complexity index is 967. The molecule has 6 nitrogen and oxygen atoms in total. The van der Waals surface area contributed by atoms with E-state index in [9.17, 15) is 9.59 Å². The number of para-hydroxylation sites is 1. The van der Waals surface area contributed by atoms with Crippen LogP contribution in [0.25, 0.3) is 10.9 Å². The highest BCUT2D eigenvalue weighted by Gasteiger charge is 2.25. The van der Waals surface area contributed by atoms with Crippen molar-refractivity contribution in [2.45, 2.75) is 31.7 Å². The van der Waals surface area contributed by atoms with Gasteiger partial charge in [-0.05, 0) is 30.9 Å². The Labute approximate surface area is 163 Å². The first-order valence-electron chi connectivity index (χ1n) is 9.76. The maximum atomic E-state index is 12.8. The summed E-state index contributed by atoms with van der Waals surface area (Å²) in [4.78, 5) is 27.4. The molecular weight excluding hydrogens is 352 g/mol. The Morgan fingerprint density at radius 2 is 1.86 bits per heavy atom. The molecule has 2 amide bonds. The van der Waals surface area contributed by atoms with Crippen LogP contribution < -0.4 is 5.32 Å². The number of nitrogens with one attached hydrogen (secondary N) is 2. The third kappa shape index (κ3) is 4.06. The van der Waals surface area contributed by atoms with E-state index in [1.807, 2.05) is 59.5 Å². The zero-order valence-corrected chi connectivity index (χ0v) is 15.7. The van der Waals surface area contributed by atoms with Gasteiger partial charge in [-0.25, -0.2) is 0 Å². The number of fused-ring (bicyclic) bond motifs is 1. The molecule has 3 aromatic rings. The molecular formula is C22H24N4O2. The molecule has 2 aromatic carbocycles. The largest absolute Gasteiger partial charge is 0.346 e. The molecule has 144 valence electrons. The summed E-state index contributed by atoms with van der Waals surface area (Å²) < 4.78 is 0. The predicted molar refractivity (Wildman–Crippen MR) is 108 cm³/mol. The summed E-state index contributed by atoms with van der Waals surface area (Å²) in [6.07, 6.45) is 3.20. The normalized spacial score (nSPS) is 17.3. The number of hydrogen-bond acceptors (Lipinski definition) is 3. The van der Waals surface area contributed by atoms with Crippen molar-refractivity contribution < 1.29 is 9.59 Å². The molecule has 0 aliphatic carbocycles. The lowest BCUT2D eigenvalue weighted by Gasteiger charge is -2.25. The average molecular weight is 376 g/mol. The quantitative estimate of drug-likeness (QED) is 0.735. The van der Waals surface area contributed by atoms with E-state index in [-0.39, 0.29) is 17.9 Å². The van der Waals surface area contributed by atoms with Crippen molar-refractivity contribution in [1.29, 1.82) is 0 Å². The van der Waals surface area contributed by atoms with Crippen LogP contribution in [0.2, 0.25) is 0 Å². The van der Waals surface area contributed by atoms with Gasteiger partial charge in [-0.15, -0.1) is 0 Å². The second-order valence-corrected chi connectivity index (χ2v) is 7.29. The first kappa shape index (κ1) is 18.2. The summed E-state index contributed by atoms with van der Waals surface area (Å²) in [6.45, 7) is 1.28. The third-order valence-corrected chi connectivity index (χ3v) is 5.24. The van der Waals surface area contributed by atoms with Gasteiger partial charge in [-0.2, -0.15) is 5.10 Å². The predicted octanol–water partition coefficient (Wildman–Crippen LogP) is 2.92. The van der Waals surface area contributed by atoms with Gasteiger partial charge in [0.2, 0.25) is 5.91 Å². The van der Waals surface area contributed by atoms with E-state index in [4.69, 9.17) is 0 Å². The Balaban J connectivity index is 1.42. The molecule has 4 rings (SSSR count). The van der Waals surface area contributed by atoms with Crippen molar-refractivity contribution in [1.82, 2.24) is 20.4 Å². The molecule has 0 spiro atoms. The molecule has 1 aliphatic heterocycles. The van der Waals surface area contributed by atoms with Crippen molar-refractivity contribution in [2.24, 2.45) is 0 Å². The Hall–Kier alpha value is -3.15.